The van der Waals surface area contributed by atoms with Gasteiger partial charge in [-0.2, -0.15) is 0 Å². The van der Waals surface area contributed by atoms with E-state index in [0.29, 0.717) is 0 Å². The van der Waals surface area contributed by atoms with Gasteiger partial charge in [0.05, 0.1) is 11.2 Å². The molecule has 1 aromatic heterocycles. The summed E-state index contributed by atoms with van der Waals surface area (Å²) >= 11 is 0. The Hall–Kier alpha value is -4.36. The number of rotatable bonds is 4. The minimum Gasteiger partial charge on any atom is -0.309 e. The molecule has 0 radical (unpaired) electrons. The lowest BCUT2D eigenvalue weighted by molar-refractivity contribution is 1.14. The highest BCUT2D eigenvalue weighted by Gasteiger charge is 2.21. The molecule has 1 nitrogen and oxygen atoms in total. The minimum atomic E-state index is 1.11. The van der Waals surface area contributed by atoms with Crippen molar-refractivity contribution in [3.63, 3.8) is 0 Å². The number of fused-ring (bicyclic) bond motifs is 2. The first-order valence-electron chi connectivity index (χ1n) is 11.2. The highest BCUT2D eigenvalue weighted by molar-refractivity contribution is 6.06. The predicted molar refractivity (Wildman–Crippen MR) is 142 cm³/mol. The summed E-state index contributed by atoms with van der Waals surface area (Å²) in [4.78, 5) is 0. The molecule has 6 aromatic rings. The van der Waals surface area contributed by atoms with Gasteiger partial charge in [-0.3, -0.25) is 0 Å². The van der Waals surface area contributed by atoms with Crippen LogP contribution in [0.25, 0.3) is 55.8 Å². The smallest absolute Gasteiger partial charge is 0.0619 e. The Labute approximate surface area is 193 Å². The molecule has 0 N–H and O–H groups in total. The molecule has 33 heavy (non-hydrogen) atoms. The Morgan fingerprint density at radius 2 is 1.24 bits per heavy atom. The van der Waals surface area contributed by atoms with Crippen molar-refractivity contribution in [2.45, 2.75) is 0 Å². The fourth-order valence-electron chi connectivity index (χ4n) is 4.78. The van der Waals surface area contributed by atoms with Crippen LogP contribution in [0, 0.1) is 0 Å². The highest BCUT2D eigenvalue weighted by atomic mass is 15.0. The number of aromatic nitrogens is 1. The fourth-order valence-corrected chi connectivity index (χ4v) is 4.78. The summed E-state index contributed by atoms with van der Waals surface area (Å²) in [5.74, 6) is 0. The molecule has 5 aromatic carbocycles. The summed E-state index contributed by atoms with van der Waals surface area (Å²) < 4.78 is 2.41. The Balaban J connectivity index is 1.79. The van der Waals surface area contributed by atoms with E-state index in [1.165, 1.54) is 44.1 Å². The molecular formula is C32H23N. The number of nitrogens with zero attached hydrogens (tertiary/aromatic N) is 1. The van der Waals surface area contributed by atoms with Crippen LogP contribution in [0.4, 0.5) is 0 Å². The van der Waals surface area contributed by atoms with Crippen LogP contribution < -0.4 is 0 Å². The Bertz CT molecular complexity index is 1610. The van der Waals surface area contributed by atoms with Crippen LogP contribution in [-0.4, -0.2) is 4.57 Å². The monoisotopic (exact) mass is 421 g/mol. The SMILES string of the molecule is C=Cc1ccc2c(-c3ccccc3)c(-c3ccccc3)n(-c3ccc4ccccc4c3)c2c1. The third kappa shape index (κ3) is 3.26. The van der Waals surface area contributed by atoms with Gasteiger partial charge in [0.1, 0.15) is 0 Å². The summed E-state index contributed by atoms with van der Waals surface area (Å²) in [7, 11) is 0. The maximum Gasteiger partial charge on any atom is 0.0619 e. The van der Waals surface area contributed by atoms with Crippen LogP contribution in [-0.2, 0) is 0 Å². The number of hydrogen-bond acceptors (Lipinski definition) is 0. The van der Waals surface area contributed by atoms with Crippen LogP contribution in [0.15, 0.2) is 128 Å². The zero-order valence-electron chi connectivity index (χ0n) is 18.3. The number of hydrogen-bond donors (Lipinski definition) is 0. The second-order valence-corrected chi connectivity index (χ2v) is 8.30. The van der Waals surface area contributed by atoms with Crippen molar-refractivity contribution in [3.05, 3.63) is 133 Å². The van der Waals surface area contributed by atoms with Gasteiger partial charge in [-0.15, -0.1) is 0 Å². The first kappa shape index (κ1) is 19.3. The third-order valence-corrected chi connectivity index (χ3v) is 6.33. The molecule has 0 aliphatic rings. The van der Waals surface area contributed by atoms with Gasteiger partial charge in [0, 0.05) is 16.6 Å². The quantitative estimate of drug-likeness (QED) is 0.268. The minimum absolute atomic E-state index is 1.11. The molecule has 0 aliphatic carbocycles. The first-order valence-corrected chi connectivity index (χ1v) is 11.2. The van der Waals surface area contributed by atoms with Gasteiger partial charge in [0.2, 0.25) is 0 Å². The maximum atomic E-state index is 4.02. The van der Waals surface area contributed by atoms with Crippen molar-refractivity contribution in [3.8, 4) is 28.1 Å². The lowest BCUT2D eigenvalue weighted by atomic mass is 9.98. The molecule has 1 heterocycles. The Kier molecular flexibility index (Phi) is 4.66. The van der Waals surface area contributed by atoms with Gasteiger partial charge in [-0.1, -0.05) is 116 Å². The summed E-state index contributed by atoms with van der Waals surface area (Å²) in [6.45, 7) is 4.02. The van der Waals surface area contributed by atoms with Crippen LogP contribution in [0.1, 0.15) is 5.56 Å². The Morgan fingerprint density at radius 1 is 0.576 bits per heavy atom. The van der Waals surface area contributed by atoms with Crippen LogP contribution in [0.2, 0.25) is 0 Å². The lowest BCUT2D eigenvalue weighted by Crippen LogP contribution is -1.98. The van der Waals surface area contributed by atoms with Crippen LogP contribution in [0.5, 0.6) is 0 Å². The topological polar surface area (TPSA) is 4.93 Å². The molecule has 0 atom stereocenters. The van der Waals surface area contributed by atoms with E-state index in [9.17, 15) is 0 Å². The van der Waals surface area contributed by atoms with Gasteiger partial charge in [-0.05, 0) is 45.7 Å². The van der Waals surface area contributed by atoms with Crippen molar-refractivity contribution in [1.29, 1.82) is 0 Å². The van der Waals surface area contributed by atoms with E-state index in [4.69, 9.17) is 0 Å². The fraction of sp³-hybridized carbons (Fsp3) is 0. The molecule has 156 valence electrons. The molecule has 0 aliphatic heterocycles. The van der Waals surface area contributed by atoms with E-state index >= 15 is 0 Å². The van der Waals surface area contributed by atoms with Crippen molar-refractivity contribution in [2.75, 3.05) is 0 Å². The van der Waals surface area contributed by atoms with E-state index < -0.39 is 0 Å². The van der Waals surface area contributed by atoms with Crippen molar-refractivity contribution >= 4 is 27.8 Å². The van der Waals surface area contributed by atoms with Crippen LogP contribution in [0.3, 0.4) is 0 Å². The molecule has 0 saturated carbocycles. The largest absolute Gasteiger partial charge is 0.309 e. The first-order chi connectivity index (χ1) is 16.3. The predicted octanol–water partition coefficient (Wildman–Crippen LogP) is 8.76. The molecule has 1 heteroatoms. The summed E-state index contributed by atoms with van der Waals surface area (Å²) in [5.41, 5.74) is 8.31. The molecule has 6 rings (SSSR count). The second kappa shape index (κ2) is 7.96. The molecule has 0 fully saturated rings. The average Bonchev–Trinajstić information content (AvgIpc) is 3.23. The zero-order valence-corrected chi connectivity index (χ0v) is 18.3. The number of benzene rings is 5. The van der Waals surface area contributed by atoms with E-state index in [1.54, 1.807) is 0 Å². The average molecular weight is 422 g/mol. The summed E-state index contributed by atoms with van der Waals surface area (Å²) in [6, 6.07) is 43.3. The van der Waals surface area contributed by atoms with Crippen molar-refractivity contribution < 1.29 is 0 Å². The normalized spacial score (nSPS) is 11.2. The van der Waals surface area contributed by atoms with E-state index in [-0.39, 0.29) is 0 Å². The highest BCUT2D eigenvalue weighted by Crippen LogP contribution is 2.43. The van der Waals surface area contributed by atoms with E-state index in [2.05, 4.69) is 132 Å². The van der Waals surface area contributed by atoms with Crippen LogP contribution >= 0.6 is 0 Å². The van der Waals surface area contributed by atoms with Crippen molar-refractivity contribution in [1.82, 2.24) is 4.57 Å². The Morgan fingerprint density at radius 3 is 1.97 bits per heavy atom. The third-order valence-electron chi connectivity index (χ3n) is 6.33. The molecule has 0 spiro atoms. The molecule has 0 amide bonds. The second-order valence-electron chi connectivity index (χ2n) is 8.30. The van der Waals surface area contributed by atoms with Gasteiger partial charge in [0.25, 0.3) is 0 Å². The molecular weight excluding hydrogens is 398 g/mol. The van der Waals surface area contributed by atoms with E-state index in [1.807, 2.05) is 6.08 Å². The van der Waals surface area contributed by atoms with Gasteiger partial charge >= 0.3 is 0 Å². The zero-order chi connectivity index (χ0) is 22.2. The maximum absolute atomic E-state index is 4.02. The molecule has 0 bridgehead atoms. The van der Waals surface area contributed by atoms with Crippen molar-refractivity contribution in [2.24, 2.45) is 0 Å². The summed E-state index contributed by atoms with van der Waals surface area (Å²) in [6.07, 6.45) is 1.92. The van der Waals surface area contributed by atoms with Gasteiger partial charge in [0.15, 0.2) is 0 Å². The van der Waals surface area contributed by atoms with Gasteiger partial charge in [-0.25, -0.2) is 0 Å². The van der Waals surface area contributed by atoms with Gasteiger partial charge < -0.3 is 4.57 Å². The summed E-state index contributed by atoms with van der Waals surface area (Å²) in [5, 5.41) is 3.71. The standard InChI is InChI=1S/C32H23N/c1-2-23-17-20-29-30(21-23)33(28-19-18-24-11-9-10-16-27(24)22-28)32(26-14-7-4-8-15-26)31(29)25-12-5-3-6-13-25/h2-22H,1H2. The van der Waals surface area contributed by atoms with E-state index in [0.717, 1.165) is 11.3 Å². The molecule has 0 unspecified atom stereocenters. The molecule has 0 saturated heterocycles. The lowest BCUT2D eigenvalue weighted by Gasteiger charge is -2.14.